The van der Waals surface area contributed by atoms with Crippen LogP contribution in [0.1, 0.15) is 44.0 Å². The van der Waals surface area contributed by atoms with E-state index in [1.165, 1.54) is 5.56 Å². The first-order valence-electron chi connectivity index (χ1n) is 6.21. The molecule has 1 heterocycles. The zero-order chi connectivity index (χ0) is 12.8. The fourth-order valence-corrected chi connectivity index (χ4v) is 2.20. The third kappa shape index (κ3) is 1.73. The van der Waals surface area contributed by atoms with Gasteiger partial charge in [-0.3, -0.25) is 0 Å². The number of hydrogen-bond donors (Lipinski definition) is 1. The summed E-state index contributed by atoms with van der Waals surface area (Å²) < 4.78 is 5.29. The lowest BCUT2D eigenvalue weighted by molar-refractivity contribution is 0.309. The second-order valence-corrected chi connectivity index (χ2v) is 5.59. The van der Waals surface area contributed by atoms with Crippen molar-refractivity contribution in [2.45, 2.75) is 37.6 Å². The Bertz CT molecular complexity index is 550. The molecule has 0 amide bonds. The molecular weight excluding hydrogens is 226 g/mol. The molecule has 18 heavy (non-hydrogen) atoms. The molecule has 1 saturated carbocycles. The fourth-order valence-electron chi connectivity index (χ4n) is 2.20. The Morgan fingerprint density at radius 2 is 1.89 bits per heavy atom. The minimum atomic E-state index is -0.585. The Balaban J connectivity index is 1.99. The molecule has 94 valence electrons. The summed E-state index contributed by atoms with van der Waals surface area (Å²) in [5.41, 5.74) is 6.60. The van der Waals surface area contributed by atoms with Crippen molar-refractivity contribution in [2.24, 2.45) is 5.73 Å². The third-order valence-electron chi connectivity index (χ3n) is 3.48. The molecule has 1 fully saturated rings. The summed E-state index contributed by atoms with van der Waals surface area (Å²) in [7, 11) is 0. The van der Waals surface area contributed by atoms with Crippen molar-refractivity contribution in [3.8, 4) is 0 Å². The van der Waals surface area contributed by atoms with Crippen LogP contribution in [0.5, 0.6) is 0 Å². The SMILES string of the molecule is CC(C)(N)c1nc(C2(c3ccccc3)CC2)no1. The van der Waals surface area contributed by atoms with Gasteiger partial charge in [-0.15, -0.1) is 0 Å². The normalized spacial score (nSPS) is 17.7. The number of benzene rings is 1. The van der Waals surface area contributed by atoms with Crippen molar-refractivity contribution in [2.75, 3.05) is 0 Å². The van der Waals surface area contributed by atoms with E-state index in [0.717, 1.165) is 18.7 Å². The van der Waals surface area contributed by atoms with Gasteiger partial charge in [0.1, 0.15) is 0 Å². The van der Waals surface area contributed by atoms with E-state index in [2.05, 4.69) is 22.3 Å². The van der Waals surface area contributed by atoms with E-state index >= 15 is 0 Å². The van der Waals surface area contributed by atoms with Gasteiger partial charge in [0, 0.05) is 0 Å². The highest BCUT2D eigenvalue weighted by molar-refractivity contribution is 5.38. The maximum Gasteiger partial charge on any atom is 0.246 e. The zero-order valence-corrected chi connectivity index (χ0v) is 10.7. The van der Waals surface area contributed by atoms with Gasteiger partial charge in [-0.05, 0) is 32.3 Å². The molecule has 4 heteroatoms. The summed E-state index contributed by atoms with van der Waals surface area (Å²) in [6.45, 7) is 3.73. The predicted molar refractivity (Wildman–Crippen MR) is 68.0 cm³/mol. The Labute approximate surface area is 106 Å². The summed E-state index contributed by atoms with van der Waals surface area (Å²) in [5, 5.41) is 4.13. The summed E-state index contributed by atoms with van der Waals surface area (Å²) in [6, 6.07) is 10.4. The van der Waals surface area contributed by atoms with Gasteiger partial charge in [-0.25, -0.2) is 0 Å². The second kappa shape index (κ2) is 3.65. The monoisotopic (exact) mass is 243 g/mol. The van der Waals surface area contributed by atoms with Crippen LogP contribution in [0.3, 0.4) is 0 Å². The molecule has 1 aromatic carbocycles. The van der Waals surface area contributed by atoms with Crippen molar-refractivity contribution in [3.05, 3.63) is 47.6 Å². The molecular formula is C14H17N3O. The molecule has 0 bridgehead atoms. The van der Waals surface area contributed by atoms with Crippen LogP contribution in [0.2, 0.25) is 0 Å². The van der Waals surface area contributed by atoms with Gasteiger partial charge < -0.3 is 10.3 Å². The van der Waals surface area contributed by atoms with E-state index in [4.69, 9.17) is 10.3 Å². The first-order chi connectivity index (χ1) is 8.52. The Hall–Kier alpha value is -1.68. The summed E-state index contributed by atoms with van der Waals surface area (Å²) in [4.78, 5) is 4.49. The van der Waals surface area contributed by atoms with Crippen LogP contribution in [0, 0.1) is 0 Å². The quantitative estimate of drug-likeness (QED) is 0.898. The van der Waals surface area contributed by atoms with E-state index in [-0.39, 0.29) is 5.41 Å². The van der Waals surface area contributed by atoms with Crippen molar-refractivity contribution in [1.29, 1.82) is 0 Å². The highest BCUT2D eigenvalue weighted by Gasteiger charge is 2.50. The minimum absolute atomic E-state index is 0.0474. The van der Waals surface area contributed by atoms with Crippen molar-refractivity contribution in [1.82, 2.24) is 10.1 Å². The Kier molecular flexibility index (Phi) is 2.32. The van der Waals surface area contributed by atoms with Crippen LogP contribution >= 0.6 is 0 Å². The third-order valence-corrected chi connectivity index (χ3v) is 3.48. The molecule has 0 atom stereocenters. The van der Waals surface area contributed by atoms with Gasteiger partial charge in [-0.1, -0.05) is 35.5 Å². The van der Waals surface area contributed by atoms with E-state index < -0.39 is 5.54 Å². The van der Waals surface area contributed by atoms with Crippen LogP contribution in [-0.4, -0.2) is 10.1 Å². The molecule has 0 radical (unpaired) electrons. The highest BCUT2D eigenvalue weighted by Crippen LogP contribution is 2.52. The van der Waals surface area contributed by atoms with Crippen LogP contribution in [0.25, 0.3) is 0 Å². The molecule has 0 spiro atoms. The van der Waals surface area contributed by atoms with Crippen molar-refractivity contribution >= 4 is 0 Å². The largest absolute Gasteiger partial charge is 0.337 e. The number of hydrogen-bond acceptors (Lipinski definition) is 4. The molecule has 4 nitrogen and oxygen atoms in total. The lowest BCUT2D eigenvalue weighted by atomic mass is 9.95. The molecule has 0 aliphatic heterocycles. The molecule has 3 rings (SSSR count). The maximum atomic E-state index is 5.98. The first-order valence-corrected chi connectivity index (χ1v) is 6.21. The summed E-state index contributed by atoms with van der Waals surface area (Å²) in [5.74, 6) is 1.27. The Morgan fingerprint density at radius 1 is 1.22 bits per heavy atom. The highest BCUT2D eigenvalue weighted by atomic mass is 16.5. The van der Waals surface area contributed by atoms with Crippen LogP contribution < -0.4 is 5.73 Å². The van der Waals surface area contributed by atoms with Gasteiger partial charge in [-0.2, -0.15) is 4.98 Å². The molecule has 1 aliphatic carbocycles. The van der Waals surface area contributed by atoms with Crippen molar-refractivity contribution < 1.29 is 4.52 Å². The van der Waals surface area contributed by atoms with Gasteiger partial charge in [0.2, 0.25) is 5.89 Å². The number of nitrogens with two attached hydrogens (primary N) is 1. The number of rotatable bonds is 3. The van der Waals surface area contributed by atoms with Crippen LogP contribution in [0.4, 0.5) is 0 Å². The smallest absolute Gasteiger partial charge is 0.246 e. The van der Waals surface area contributed by atoms with Gasteiger partial charge in [0.05, 0.1) is 11.0 Å². The standard InChI is InChI=1S/C14H17N3O/c1-13(2,15)12-16-11(17-18-12)14(8-9-14)10-6-4-3-5-7-10/h3-7H,8-9,15H2,1-2H3. The molecule has 1 aromatic heterocycles. The summed E-state index contributed by atoms with van der Waals surface area (Å²) >= 11 is 0. The molecule has 2 aromatic rings. The van der Waals surface area contributed by atoms with Crippen molar-refractivity contribution in [3.63, 3.8) is 0 Å². The molecule has 0 unspecified atom stereocenters. The molecule has 1 aliphatic rings. The van der Waals surface area contributed by atoms with E-state index in [0.29, 0.717) is 5.89 Å². The van der Waals surface area contributed by atoms with Gasteiger partial charge in [0.25, 0.3) is 0 Å². The Morgan fingerprint density at radius 3 is 2.39 bits per heavy atom. The van der Waals surface area contributed by atoms with E-state index in [1.54, 1.807) is 0 Å². The van der Waals surface area contributed by atoms with Crippen LogP contribution in [-0.2, 0) is 11.0 Å². The number of nitrogens with zero attached hydrogens (tertiary/aromatic N) is 2. The predicted octanol–water partition coefficient (Wildman–Crippen LogP) is 2.34. The summed E-state index contributed by atoms with van der Waals surface area (Å²) in [6.07, 6.45) is 2.14. The molecule has 0 saturated heterocycles. The average Bonchev–Trinajstić information content (AvgIpc) is 2.99. The lowest BCUT2D eigenvalue weighted by Crippen LogP contribution is -2.29. The van der Waals surface area contributed by atoms with E-state index in [1.807, 2.05) is 32.0 Å². The lowest BCUT2D eigenvalue weighted by Gasteiger charge is -2.12. The zero-order valence-electron chi connectivity index (χ0n) is 10.7. The average molecular weight is 243 g/mol. The van der Waals surface area contributed by atoms with Gasteiger partial charge in [0.15, 0.2) is 5.82 Å². The second-order valence-electron chi connectivity index (χ2n) is 5.59. The first kappa shape index (κ1) is 11.4. The molecule has 2 N–H and O–H groups in total. The fraction of sp³-hybridized carbons (Fsp3) is 0.429. The maximum absolute atomic E-state index is 5.98. The van der Waals surface area contributed by atoms with E-state index in [9.17, 15) is 0 Å². The van der Waals surface area contributed by atoms with Crippen LogP contribution in [0.15, 0.2) is 34.9 Å². The van der Waals surface area contributed by atoms with Gasteiger partial charge >= 0.3 is 0 Å². The minimum Gasteiger partial charge on any atom is -0.337 e. The topological polar surface area (TPSA) is 64.9 Å². The number of aromatic nitrogens is 2.